The summed E-state index contributed by atoms with van der Waals surface area (Å²) in [5, 5.41) is 13.3. The molecule has 1 saturated carbocycles. The molecule has 4 rings (SSSR count). The van der Waals surface area contributed by atoms with Crippen LogP contribution in [0, 0.1) is 5.92 Å². The molecule has 2 fully saturated rings. The van der Waals surface area contributed by atoms with Gasteiger partial charge >= 0.3 is 12.1 Å². The molecule has 1 aliphatic heterocycles. The summed E-state index contributed by atoms with van der Waals surface area (Å²) >= 11 is 0. The first-order valence-corrected chi connectivity index (χ1v) is 12.6. The van der Waals surface area contributed by atoms with Gasteiger partial charge in [0.1, 0.15) is 6.61 Å². The molecule has 1 saturated heterocycles. The van der Waals surface area contributed by atoms with E-state index in [1.165, 1.54) is 6.07 Å². The van der Waals surface area contributed by atoms with Crippen molar-refractivity contribution in [3.8, 4) is 0 Å². The van der Waals surface area contributed by atoms with E-state index in [0.717, 1.165) is 49.8 Å². The number of carboxylic acid groups (broad SMARTS) is 1. The summed E-state index contributed by atoms with van der Waals surface area (Å²) in [5.74, 6) is -1.07. The zero-order valence-corrected chi connectivity index (χ0v) is 20.6. The average molecular weight is 503 g/mol. The minimum atomic E-state index is -4.40. The largest absolute Gasteiger partial charge is 0.481 e. The van der Waals surface area contributed by atoms with E-state index in [1.54, 1.807) is 19.1 Å². The van der Waals surface area contributed by atoms with Gasteiger partial charge in [0.2, 0.25) is 0 Å². The number of hydrogen-bond acceptors (Lipinski definition) is 4. The van der Waals surface area contributed by atoms with Gasteiger partial charge in [0.25, 0.3) is 0 Å². The normalized spacial score (nSPS) is 20.0. The standard InChI is InChI=1S/C28H33F3N2O3/c1-19(22-10-7-20(8-11-22)16-33-14-13-24(17-33)27(34)35)32-36-18-21-9-12-25(23-5-3-2-4-6-23)26(15-21)28(29,30)31/h7-12,15,23-24H,2-6,13-14,16-18H2,1H3,(H,34,35)/b32-19+. The molecule has 0 amide bonds. The van der Waals surface area contributed by atoms with E-state index in [2.05, 4.69) is 10.1 Å². The van der Waals surface area contributed by atoms with Crippen molar-refractivity contribution < 1.29 is 27.9 Å². The van der Waals surface area contributed by atoms with E-state index >= 15 is 0 Å². The number of halogens is 3. The SMILES string of the molecule is C/C(=N\OCc1ccc(C2CCCCC2)c(C(F)(F)F)c1)c1ccc(CN2CCC(C(=O)O)C2)cc1. The van der Waals surface area contributed by atoms with E-state index in [0.29, 0.717) is 36.3 Å². The molecule has 1 aliphatic carbocycles. The first-order valence-electron chi connectivity index (χ1n) is 12.6. The van der Waals surface area contributed by atoms with Gasteiger partial charge in [0.05, 0.1) is 17.2 Å². The molecule has 0 bridgehead atoms. The van der Waals surface area contributed by atoms with E-state index in [4.69, 9.17) is 9.94 Å². The summed E-state index contributed by atoms with van der Waals surface area (Å²) in [7, 11) is 0. The van der Waals surface area contributed by atoms with Gasteiger partial charge in [-0.15, -0.1) is 0 Å². The third kappa shape index (κ3) is 6.66. The topological polar surface area (TPSA) is 62.1 Å². The highest BCUT2D eigenvalue weighted by molar-refractivity contribution is 5.98. The van der Waals surface area contributed by atoms with Crippen molar-refractivity contribution in [2.45, 2.75) is 70.7 Å². The van der Waals surface area contributed by atoms with Crippen molar-refractivity contribution in [3.63, 3.8) is 0 Å². The van der Waals surface area contributed by atoms with Crippen LogP contribution in [0.1, 0.15) is 79.2 Å². The number of alkyl halides is 3. The van der Waals surface area contributed by atoms with Gasteiger partial charge in [0.15, 0.2) is 0 Å². The van der Waals surface area contributed by atoms with Gasteiger partial charge in [-0.1, -0.05) is 60.8 Å². The van der Waals surface area contributed by atoms with E-state index in [9.17, 15) is 18.0 Å². The van der Waals surface area contributed by atoms with Crippen LogP contribution in [0.25, 0.3) is 0 Å². The Bertz CT molecular complexity index is 1080. The van der Waals surface area contributed by atoms with Crippen molar-refractivity contribution in [1.29, 1.82) is 0 Å². The summed E-state index contributed by atoms with van der Waals surface area (Å²) in [5.41, 5.74) is 2.85. The molecule has 1 N–H and O–H groups in total. The molecule has 1 unspecified atom stereocenters. The molecule has 1 heterocycles. The van der Waals surface area contributed by atoms with Crippen LogP contribution >= 0.6 is 0 Å². The summed E-state index contributed by atoms with van der Waals surface area (Å²) in [6.45, 7) is 3.77. The highest BCUT2D eigenvalue weighted by Crippen LogP contribution is 2.41. The second-order valence-corrected chi connectivity index (χ2v) is 9.96. The van der Waals surface area contributed by atoms with Crippen LogP contribution in [0.3, 0.4) is 0 Å². The van der Waals surface area contributed by atoms with E-state index in [-0.39, 0.29) is 18.4 Å². The smallest absolute Gasteiger partial charge is 0.416 e. The number of hydrogen-bond donors (Lipinski definition) is 1. The molecule has 2 aromatic rings. The third-order valence-corrected chi connectivity index (χ3v) is 7.30. The Kier molecular flexibility index (Phi) is 8.34. The van der Waals surface area contributed by atoms with Crippen LogP contribution in [0.15, 0.2) is 47.6 Å². The summed E-state index contributed by atoms with van der Waals surface area (Å²) < 4.78 is 41.3. The Morgan fingerprint density at radius 1 is 1.06 bits per heavy atom. The molecule has 194 valence electrons. The van der Waals surface area contributed by atoms with E-state index < -0.39 is 17.7 Å². The molecule has 36 heavy (non-hydrogen) atoms. The molecule has 0 radical (unpaired) electrons. The second-order valence-electron chi connectivity index (χ2n) is 9.96. The maximum atomic E-state index is 13.8. The number of likely N-dealkylation sites (tertiary alicyclic amines) is 1. The summed E-state index contributed by atoms with van der Waals surface area (Å²) in [6, 6.07) is 12.3. The molecule has 0 spiro atoms. The zero-order valence-electron chi connectivity index (χ0n) is 20.6. The first-order chi connectivity index (χ1) is 17.2. The number of carboxylic acids is 1. The highest BCUT2D eigenvalue weighted by atomic mass is 19.4. The fraction of sp³-hybridized carbons (Fsp3) is 0.500. The number of oxime groups is 1. The van der Waals surface area contributed by atoms with Crippen LogP contribution in [0.4, 0.5) is 13.2 Å². The molecule has 5 nitrogen and oxygen atoms in total. The van der Waals surface area contributed by atoms with Crippen molar-refractivity contribution in [1.82, 2.24) is 4.90 Å². The van der Waals surface area contributed by atoms with Gasteiger partial charge in [-0.25, -0.2) is 0 Å². The lowest BCUT2D eigenvalue weighted by molar-refractivity contribution is -0.141. The number of nitrogens with zero attached hydrogens (tertiary/aromatic N) is 2. The number of benzene rings is 2. The maximum Gasteiger partial charge on any atom is 0.416 e. The minimum absolute atomic E-state index is 0.0300. The lowest BCUT2D eigenvalue weighted by Crippen LogP contribution is -2.22. The van der Waals surface area contributed by atoms with E-state index in [1.807, 2.05) is 24.3 Å². The highest BCUT2D eigenvalue weighted by Gasteiger charge is 2.35. The first kappa shape index (κ1) is 26.2. The zero-order chi connectivity index (χ0) is 25.7. The third-order valence-electron chi connectivity index (χ3n) is 7.30. The molecular weight excluding hydrogens is 469 g/mol. The Labute approximate surface area is 209 Å². The van der Waals surface area contributed by atoms with Crippen molar-refractivity contribution >= 4 is 11.7 Å². The van der Waals surface area contributed by atoms with Gasteiger partial charge in [-0.05, 0) is 67.0 Å². The Morgan fingerprint density at radius 2 is 1.75 bits per heavy atom. The van der Waals surface area contributed by atoms with Gasteiger partial charge in [-0.3, -0.25) is 9.69 Å². The molecule has 0 aromatic heterocycles. The van der Waals surface area contributed by atoms with Crippen LogP contribution in [0.2, 0.25) is 0 Å². The van der Waals surface area contributed by atoms with Crippen LogP contribution in [-0.2, 0) is 29.0 Å². The van der Waals surface area contributed by atoms with Gasteiger partial charge < -0.3 is 9.94 Å². The molecule has 2 aliphatic rings. The van der Waals surface area contributed by atoms with Crippen molar-refractivity contribution in [3.05, 3.63) is 70.3 Å². The predicted molar refractivity (Wildman–Crippen MR) is 132 cm³/mol. The van der Waals surface area contributed by atoms with Crippen molar-refractivity contribution in [2.75, 3.05) is 13.1 Å². The monoisotopic (exact) mass is 502 g/mol. The Balaban J connectivity index is 1.35. The van der Waals surface area contributed by atoms with Crippen LogP contribution < -0.4 is 0 Å². The molecule has 8 heteroatoms. The number of rotatable bonds is 8. The fourth-order valence-electron chi connectivity index (χ4n) is 5.25. The molecule has 1 atom stereocenters. The summed E-state index contributed by atoms with van der Waals surface area (Å²) in [6.07, 6.45) is 0.938. The Hall–Kier alpha value is -2.87. The quantitative estimate of drug-likeness (QED) is 0.326. The predicted octanol–water partition coefficient (Wildman–Crippen LogP) is 6.60. The van der Waals surface area contributed by atoms with Crippen LogP contribution in [0.5, 0.6) is 0 Å². The summed E-state index contributed by atoms with van der Waals surface area (Å²) in [4.78, 5) is 18.7. The fourth-order valence-corrected chi connectivity index (χ4v) is 5.25. The minimum Gasteiger partial charge on any atom is -0.481 e. The van der Waals surface area contributed by atoms with Gasteiger partial charge in [0, 0.05) is 13.1 Å². The maximum absolute atomic E-state index is 13.8. The van der Waals surface area contributed by atoms with Gasteiger partial charge in [-0.2, -0.15) is 13.2 Å². The average Bonchev–Trinajstić information content (AvgIpc) is 3.33. The lowest BCUT2D eigenvalue weighted by atomic mass is 9.81. The lowest BCUT2D eigenvalue weighted by Gasteiger charge is -2.25. The molecule has 2 aromatic carbocycles. The molecular formula is C28H33F3N2O3. The Morgan fingerprint density at radius 3 is 2.39 bits per heavy atom. The number of carbonyl (C=O) groups is 1. The van der Waals surface area contributed by atoms with Crippen molar-refractivity contribution in [2.24, 2.45) is 11.1 Å². The van der Waals surface area contributed by atoms with Crippen LogP contribution in [-0.4, -0.2) is 34.8 Å². The number of aliphatic carboxylic acids is 1. The second kappa shape index (κ2) is 11.5.